The molecular formula is C20H27NO5S. The standard InChI is InChI=1S/C20H27NO5S/c1-2-26-20(25)16-14-10-4-3-5-11-15(14)27-18(16)21-17(22)12-8-6-7-9-13(12)19(23)24/h12-13H,2-11H2,1H3,(H,21,22)(H,23,24)/t12-,13+/m0/s1. The molecule has 7 heteroatoms. The number of hydrogen-bond acceptors (Lipinski definition) is 5. The molecule has 1 fully saturated rings. The molecular weight excluding hydrogens is 366 g/mol. The van der Waals surface area contributed by atoms with Crippen LogP contribution in [0.15, 0.2) is 0 Å². The summed E-state index contributed by atoms with van der Waals surface area (Å²) in [6.45, 7) is 2.04. The fraction of sp³-hybridized carbons (Fsp3) is 0.650. The Morgan fingerprint density at radius 1 is 1.07 bits per heavy atom. The number of aliphatic carboxylic acids is 1. The number of carboxylic acids is 1. The Bertz CT molecular complexity index is 726. The lowest BCUT2D eigenvalue weighted by molar-refractivity contribution is -0.147. The van der Waals surface area contributed by atoms with Gasteiger partial charge in [-0.15, -0.1) is 11.3 Å². The number of carbonyl (C=O) groups is 3. The molecule has 0 saturated heterocycles. The first kappa shape index (κ1) is 19.9. The van der Waals surface area contributed by atoms with E-state index in [-0.39, 0.29) is 12.5 Å². The third-order valence-electron chi connectivity index (χ3n) is 5.56. The second-order valence-electron chi connectivity index (χ2n) is 7.31. The van der Waals surface area contributed by atoms with Gasteiger partial charge in [0.2, 0.25) is 5.91 Å². The van der Waals surface area contributed by atoms with Crippen molar-refractivity contribution in [2.24, 2.45) is 11.8 Å². The fourth-order valence-electron chi connectivity index (χ4n) is 4.19. The largest absolute Gasteiger partial charge is 0.481 e. The molecule has 1 aromatic rings. The zero-order valence-electron chi connectivity index (χ0n) is 15.7. The number of aryl methyl sites for hydroxylation is 1. The first-order chi connectivity index (χ1) is 13.0. The highest BCUT2D eigenvalue weighted by molar-refractivity contribution is 7.17. The molecule has 3 rings (SSSR count). The van der Waals surface area contributed by atoms with E-state index in [4.69, 9.17) is 4.74 Å². The van der Waals surface area contributed by atoms with Gasteiger partial charge in [0.15, 0.2) is 0 Å². The van der Waals surface area contributed by atoms with Crippen LogP contribution in [0.25, 0.3) is 0 Å². The van der Waals surface area contributed by atoms with Gasteiger partial charge >= 0.3 is 11.9 Å². The highest BCUT2D eigenvalue weighted by atomic mass is 32.1. The number of nitrogens with one attached hydrogen (secondary N) is 1. The maximum Gasteiger partial charge on any atom is 0.341 e. The summed E-state index contributed by atoms with van der Waals surface area (Å²) >= 11 is 1.45. The lowest BCUT2D eigenvalue weighted by Gasteiger charge is -2.27. The molecule has 27 heavy (non-hydrogen) atoms. The van der Waals surface area contributed by atoms with Crippen LogP contribution in [-0.4, -0.2) is 29.6 Å². The molecule has 2 aliphatic carbocycles. The van der Waals surface area contributed by atoms with Crippen molar-refractivity contribution in [3.05, 3.63) is 16.0 Å². The van der Waals surface area contributed by atoms with E-state index in [2.05, 4.69) is 5.32 Å². The van der Waals surface area contributed by atoms with E-state index < -0.39 is 23.8 Å². The summed E-state index contributed by atoms with van der Waals surface area (Å²) in [4.78, 5) is 38.1. The van der Waals surface area contributed by atoms with Crippen molar-refractivity contribution < 1.29 is 24.2 Å². The van der Waals surface area contributed by atoms with Gasteiger partial charge in [0.1, 0.15) is 5.00 Å². The Morgan fingerprint density at radius 2 is 1.78 bits per heavy atom. The predicted octanol–water partition coefficient (Wildman–Crippen LogP) is 4.02. The summed E-state index contributed by atoms with van der Waals surface area (Å²) in [5, 5.41) is 12.9. The van der Waals surface area contributed by atoms with E-state index in [0.717, 1.165) is 55.4 Å². The summed E-state index contributed by atoms with van der Waals surface area (Å²) in [5.41, 5.74) is 1.49. The van der Waals surface area contributed by atoms with Crippen molar-refractivity contribution in [2.75, 3.05) is 11.9 Å². The first-order valence-electron chi connectivity index (χ1n) is 9.88. The van der Waals surface area contributed by atoms with Crippen molar-refractivity contribution in [2.45, 2.75) is 64.7 Å². The van der Waals surface area contributed by atoms with E-state index in [1.54, 1.807) is 6.92 Å². The summed E-state index contributed by atoms with van der Waals surface area (Å²) in [6, 6.07) is 0. The molecule has 6 nitrogen and oxygen atoms in total. The van der Waals surface area contributed by atoms with Crippen LogP contribution in [0.1, 0.15) is 72.7 Å². The Morgan fingerprint density at radius 3 is 2.48 bits per heavy atom. The third kappa shape index (κ3) is 4.34. The normalized spacial score (nSPS) is 22.4. The van der Waals surface area contributed by atoms with Crippen molar-refractivity contribution >= 4 is 34.2 Å². The summed E-state index contributed by atoms with van der Waals surface area (Å²) < 4.78 is 5.24. The van der Waals surface area contributed by atoms with Crippen LogP contribution in [-0.2, 0) is 27.2 Å². The predicted molar refractivity (Wildman–Crippen MR) is 103 cm³/mol. The van der Waals surface area contributed by atoms with Crippen LogP contribution < -0.4 is 5.32 Å². The molecule has 2 aliphatic rings. The fourth-order valence-corrected chi connectivity index (χ4v) is 5.48. The number of rotatable bonds is 5. The van der Waals surface area contributed by atoms with Crippen LogP contribution in [0, 0.1) is 11.8 Å². The van der Waals surface area contributed by atoms with Crippen LogP contribution in [0.4, 0.5) is 5.00 Å². The highest BCUT2D eigenvalue weighted by Crippen LogP contribution is 2.39. The molecule has 0 aliphatic heterocycles. The number of carbonyl (C=O) groups excluding carboxylic acids is 2. The molecule has 1 heterocycles. The average molecular weight is 394 g/mol. The molecule has 0 aromatic carbocycles. The number of carboxylic acid groups (broad SMARTS) is 1. The maximum atomic E-state index is 12.9. The minimum absolute atomic E-state index is 0.278. The number of ether oxygens (including phenoxy) is 1. The van der Waals surface area contributed by atoms with Gasteiger partial charge in [-0.25, -0.2) is 4.79 Å². The highest BCUT2D eigenvalue weighted by Gasteiger charge is 2.37. The lowest BCUT2D eigenvalue weighted by Crippen LogP contribution is -2.36. The Kier molecular flexibility index (Phi) is 6.52. The van der Waals surface area contributed by atoms with E-state index >= 15 is 0 Å². The Hall–Kier alpha value is -1.89. The monoisotopic (exact) mass is 393 g/mol. The molecule has 0 bridgehead atoms. The maximum absolute atomic E-state index is 12.9. The Labute approximate surface area is 163 Å². The summed E-state index contributed by atoms with van der Waals surface area (Å²) in [5.74, 6) is -2.80. The van der Waals surface area contributed by atoms with E-state index in [1.165, 1.54) is 11.3 Å². The molecule has 1 amide bonds. The topological polar surface area (TPSA) is 92.7 Å². The summed E-state index contributed by atoms with van der Waals surface area (Å²) in [7, 11) is 0. The zero-order valence-corrected chi connectivity index (χ0v) is 16.5. The number of anilines is 1. The molecule has 2 atom stereocenters. The number of amides is 1. The average Bonchev–Trinajstić information content (AvgIpc) is 2.82. The SMILES string of the molecule is CCOC(=O)c1c(NC(=O)[C@H]2CCCC[C@H]2C(=O)O)sc2c1CCCCC2. The quantitative estimate of drug-likeness (QED) is 0.582. The van der Waals surface area contributed by atoms with E-state index in [0.29, 0.717) is 23.4 Å². The number of fused-ring (bicyclic) bond motifs is 1. The lowest BCUT2D eigenvalue weighted by atomic mass is 9.79. The Balaban J connectivity index is 1.88. The molecule has 2 N–H and O–H groups in total. The first-order valence-corrected chi connectivity index (χ1v) is 10.7. The molecule has 0 spiro atoms. The smallest absolute Gasteiger partial charge is 0.341 e. The van der Waals surface area contributed by atoms with Gasteiger partial charge in [-0.3, -0.25) is 9.59 Å². The molecule has 0 radical (unpaired) electrons. The summed E-state index contributed by atoms with van der Waals surface area (Å²) in [6.07, 6.45) is 7.74. The van der Waals surface area contributed by atoms with Crippen molar-refractivity contribution in [3.63, 3.8) is 0 Å². The molecule has 1 aromatic heterocycles. The van der Waals surface area contributed by atoms with Gasteiger partial charge in [0.05, 0.1) is 24.0 Å². The van der Waals surface area contributed by atoms with E-state index in [9.17, 15) is 19.5 Å². The van der Waals surface area contributed by atoms with Gasteiger partial charge in [-0.05, 0) is 51.0 Å². The molecule has 0 unspecified atom stereocenters. The molecule has 1 saturated carbocycles. The third-order valence-corrected chi connectivity index (χ3v) is 6.76. The van der Waals surface area contributed by atoms with Crippen LogP contribution in [0.3, 0.4) is 0 Å². The van der Waals surface area contributed by atoms with E-state index in [1.807, 2.05) is 0 Å². The second-order valence-corrected chi connectivity index (χ2v) is 8.42. The minimum Gasteiger partial charge on any atom is -0.481 e. The van der Waals surface area contributed by atoms with Gasteiger partial charge in [-0.2, -0.15) is 0 Å². The van der Waals surface area contributed by atoms with Gasteiger partial charge in [-0.1, -0.05) is 19.3 Å². The van der Waals surface area contributed by atoms with Crippen molar-refractivity contribution in [1.29, 1.82) is 0 Å². The second kappa shape index (κ2) is 8.87. The number of thiophene rings is 1. The van der Waals surface area contributed by atoms with Gasteiger partial charge in [0.25, 0.3) is 0 Å². The number of hydrogen-bond donors (Lipinski definition) is 2. The van der Waals surface area contributed by atoms with Crippen molar-refractivity contribution in [1.82, 2.24) is 0 Å². The molecule has 148 valence electrons. The van der Waals surface area contributed by atoms with Crippen molar-refractivity contribution in [3.8, 4) is 0 Å². The number of esters is 1. The van der Waals surface area contributed by atoms with Crippen LogP contribution in [0.5, 0.6) is 0 Å². The van der Waals surface area contributed by atoms with Gasteiger partial charge < -0.3 is 15.2 Å². The van der Waals surface area contributed by atoms with Crippen LogP contribution in [0.2, 0.25) is 0 Å². The van der Waals surface area contributed by atoms with Gasteiger partial charge in [0, 0.05) is 4.88 Å². The minimum atomic E-state index is -0.914. The zero-order chi connectivity index (χ0) is 19.4. The van der Waals surface area contributed by atoms with Crippen LogP contribution >= 0.6 is 11.3 Å².